The Labute approximate surface area is 203 Å². The molecular weight excluding hydrogens is 456 g/mol. The fourth-order valence-electron chi connectivity index (χ4n) is 3.31. The Bertz CT molecular complexity index is 1090. The SMILES string of the molecule is CCCSc1nc(NCCOCC)c2cnn(CCNC(=O)c3cccc(OC)c3OC)c2n1. The highest BCUT2D eigenvalue weighted by Gasteiger charge is 2.17. The number of amides is 1. The number of hydrogen-bond acceptors (Lipinski definition) is 9. The summed E-state index contributed by atoms with van der Waals surface area (Å²) in [5.74, 6) is 2.32. The molecule has 0 atom stereocenters. The van der Waals surface area contributed by atoms with E-state index in [4.69, 9.17) is 19.2 Å². The first kappa shape index (κ1) is 25.6. The Kier molecular flexibility index (Phi) is 9.77. The van der Waals surface area contributed by atoms with Crippen molar-refractivity contribution < 1.29 is 19.0 Å². The molecule has 2 heterocycles. The minimum absolute atomic E-state index is 0.251. The van der Waals surface area contributed by atoms with Crippen LogP contribution in [-0.2, 0) is 11.3 Å². The maximum atomic E-state index is 12.8. The molecule has 1 aromatic carbocycles. The topological polar surface area (TPSA) is 112 Å². The zero-order valence-electron chi connectivity index (χ0n) is 20.1. The molecular formula is C23H32N6O4S. The van der Waals surface area contributed by atoms with Gasteiger partial charge in [0, 0.05) is 25.4 Å². The summed E-state index contributed by atoms with van der Waals surface area (Å²) in [5.41, 5.74) is 1.13. The number of rotatable bonds is 14. The molecule has 0 saturated heterocycles. The Morgan fingerprint density at radius 1 is 1.15 bits per heavy atom. The standard InChI is InChI=1S/C23H32N6O4S/c1-5-14-34-23-27-20(24-11-13-33-6-2)17-15-26-29(21(17)28-23)12-10-25-22(30)16-8-7-9-18(31-3)19(16)32-4/h7-9,15H,5-6,10-14H2,1-4H3,(H,25,30)(H,24,27,28). The minimum Gasteiger partial charge on any atom is -0.493 e. The number of anilines is 1. The van der Waals surface area contributed by atoms with E-state index in [1.807, 2.05) is 6.92 Å². The average Bonchev–Trinajstić information content (AvgIpc) is 3.27. The van der Waals surface area contributed by atoms with Gasteiger partial charge in [-0.1, -0.05) is 24.8 Å². The lowest BCUT2D eigenvalue weighted by atomic mass is 10.1. The number of para-hydroxylation sites is 1. The van der Waals surface area contributed by atoms with Crippen LogP contribution in [0.2, 0.25) is 0 Å². The fraction of sp³-hybridized carbons (Fsp3) is 0.478. The summed E-state index contributed by atoms with van der Waals surface area (Å²) in [5, 5.41) is 12.3. The number of fused-ring (bicyclic) bond motifs is 1. The van der Waals surface area contributed by atoms with Gasteiger partial charge in [0.25, 0.3) is 5.91 Å². The van der Waals surface area contributed by atoms with Crippen LogP contribution in [0.5, 0.6) is 11.5 Å². The molecule has 0 unspecified atom stereocenters. The second-order valence-corrected chi connectivity index (χ2v) is 8.29. The molecule has 34 heavy (non-hydrogen) atoms. The van der Waals surface area contributed by atoms with Crippen LogP contribution in [0.3, 0.4) is 0 Å². The van der Waals surface area contributed by atoms with E-state index in [2.05, 4.69) is 27.6 Å². The van der Waals surface area contributed by atoms with Gasteiger partial charge in [0.05, 0.1) is 44.5 Å². The van der Waals surface area contributed by atoms with E-state index in [0.717, 1.165) is 29.0 Å². The van der Waals surface area contributed by atoms with E-state index in [1.54, 1.807) is 40.8 Å². The smallest absolute Gasteiger partial charge is 0.255 e. The van der Waals surface area contributed by atoms with Gasteiger partial charge in [-0.2, -0.15) is 5.10 Å². The summed E-state index contributed by atoms with van der Waals surface area (Å²) in [7, 11) is 3.05. The fourth-order valence-corrected chi connectivity index (χ4v) is 4.01. The Hall–Kier alpha value is -3.05. The molecule has 0 spiro atoms. The van der Waals surface area contributed by atoms with Gasteiger partial charge in [0.15, 0.2) is 22.3 Å². The summed E-state index contributed by atoms with van der Waals surface area (Å²) in [6.45, 7) is 6.81. The van der Waals surface area contributed by atoms with Crippen LogP contribution >= 0.6 is 11.8 Å². The van der Waals surface area contributed by atoms with Gasteiger partial charge in [-0.25, -0.2) is 14.6 Å². The first-order valence-corrected chi connectivity index (χ1v) is 12.3. The number of carbonyl (C=O) groups is 1. The molecule has 3 rings (SSSR count). The van der Waals surface area contributed by atoms with Crippen LogP contribution in [0.1, 0.15) is 30.6 Å². The van der Waals surface area contributed by atoms with Gasteiger partial charge in [-0.05, 0) is 25.5 Å². The van der Waals surface area contributed by atoms with Gasteiger partial charge < -0.3 is 24.8 Å². The highest BCUT2D eigenvalue weighted by Crippen LogP contribution is 2.30. The number of nitrogens with zero attached hydrogens (tertiary/aromatic N) is 4. The molecule has 0 aliphatic carbocycles. The number of nitrogens with one attached hydrogen (secondary N) is 2. The Morgan fingerprint density at radius 2 is 2.00 bits per heavy atom. The number of hydrogen-bond donors (Lipinski definition) is 2. The van der Waals surface area contributed by atoms with Crippen LogP contribution in [0.15, 0.2) is 29.6 Å². The summed E-state index contributed by atoms with van der Waals surface area (Å²) in [6.07, 6.45) is 2.78. The van der Waals surface area contributed by atoms with E-state index in [-0.39, 0.29) is 5.91 Å². The molecule has 3 aromatic rings. The highest BCUT2D eigenvalue weighted by atomic mass is 32.2. The van der Waals surface area contributed by atoms with Crippen LogP contribution in [-0.4, -0.2) is 71.9 Å². The molecule has 0 radical (unpaired) electrons. The van der Waals surface area contributed by atoms with Crippen molar-refractivity contribution >= 4 is 34.5 Å². The average molecular weight is 489 g/mol. The van der Waals surface area contributed by atoms with E-state index >= 15 is 0 Å². The van der Waals surface area contributed by atoms with Crippen LogP contribution < -0.4 is 20.1 Å². The molecule has 1 amide bonds. The first-order chi connectivity index (χ1) is 16.6. The molecule has 2 aromatic heterocycles. The minimum atomic E-state index is -0.251. The van der Waals surface area contributed by atoms with Crippen molar-refractivity contribution in [3.8, 4) is 11.5 Å². The molecule has 11 heteroatoms. The quantitative estimate of drug-likeness (QED) is 0.201. The lowest BCUT2D eigenvalue weighted by Gasteiger charge is -2.13. The molecule has 184 valence electrons. The van der Waals surface area contributed by atoms with Gasteiger partial charge in [-0.3, -0.25) is 4.79 Å². The molecule has 0 bridgehead atoms. The first-order valence-electron chi connectivity index (χ1n) is 11.3. The van der Waals surface area contributed by atoms with E-state index in [1.165, 1.54) is 14.2 Å². The third-order valence-corrected chi connectivity index (χ3v) is 5.96. The molecule has 0 aliphatic rings. The zero-order chi connectivity index (χ0) is 24.3. The number of aromatic nitrogens is 4. The monoisotopic (exact) mass is 488 g/mol. The summed E-state index contributed by atoms with van der Waals surface area (Å²) in [4.78, 5) is 22.1. The summed E-state index contributed by atoms with van der Waals surface area (Å²) >= 11 is 1.61. The summed E-state index contributed by atoms with van der Waals surface area (Å²) < 4.78 is 17.9. The van der Waals surface area contributed by atoms with Crippen molar-refractivity contribution in [2.24, 2.45) is 0 Å². The van der Waals surface area contributed by atoms with Crippen molar-refractivity contribution in [2.75, 3.05) is 51.6 Å². The Balaban J connectivity index is 1.73. The second-order valence-electron chi connectivity index (χ2n) is 7.23. The number of carbonyl (C=O) groups excluding carboxylic acids is 1. The van der Waals surface area contributed by atoms with Crippen molar-refractivity contribution in [1.82, 2.24) is 25.1 Å². The van der Waals surface area contributed by atoms with Crippen LogP contribution in [0.4, 0.5) is 5.82 Å². The normalized spacial score (nSPS) is 10.9. The zero-order valence-corrected chi connectivity index (χ0v) is 20.9. The Morgan fingerprint density at radius 3 is 2.74 bits per heavy atom. The largest absolute Gasteiger partial charge is 0.493 e. The lowest BCUT2D eigenvalue weighted by Crippen LogP contribution is -2.28. The molecule has 0 saturated carbocycles. The highest BCUT2D eigenvalue weighted by molar-refractivity contribution is 7.99. The maximum Gasteiger partial charge on any atom is 0.255 e. The number of ether oxygens (including phenoxy) is 3. The predicted molar refractivity (Wildman–Crippen MR) is 133 cm³/mol. The molecule has 2 N–H and O–H groups in total. The number of benzene rings is 1. The van der Waals surface area contributed by atoms with Crippen LogP contribution in [0.25, 0.3) is 11.0 Å². The van der Waals surface area contributed by atoms with Gasteiger partial charge in [-0.15, -0.1) is 0 Å². The van der Waals surface area contributed by atoms with Crippen molar-refractivity contribution in [3.05, 3.63) is 30.0 Å². The van der Waals surface area contributed by atoms with E-state index < -0.39 is 0 Å². The predicted octanol–water partition coefficient (Wildman–Crippen LogP) is 3.22. The third kappa shape index (κ3) is 6.29. The van der Waals surface area contributed by atoms with Gasteiger partial charge in [0.1, 0.15) is 5.82 Å². The number of thioether (sulfide) groups is 1. The maximum absolute atomic E-state index is 12.8. The van der Waals surface area contributed by atoms with Crippen molar-refractivity contribution in [3.63, 3.8) is 0 Å². The van der Waals surface area contributed by atoms with E-state index in [0.29, 0.717) is 55.1 Å². The third-order valence-electron chi connectivity index (χ3n) is 4.91. The van der Waals surface area contributed by atoms with Gasteiger partial charge in [0.2, 0.25) is 0 Å². The lowest BCUT2D eigenvalue weighted by molar-refractivity contribution is 0.0948. The van der Waals surface area contributed by atoms with E-state index in [9.17, 15) is 4.79 Å². The van der Waals surface area contributed by atoms with Crippen LogP contribution in [0, 0.1) is 0 Å². The molecule has 0 fully saturated rings. The van der Waals surface area contributed by atoms with Gasteiger partial charge >= 0.3 is 0 Å². The second kappa shape index (κ2) is 13.0. The summed E-state index contributed by atoms with van der Waals surface area (Å²) in [6, 6.07) is 5.20. The number of methoxy groups -OCH3 is 2. The van der Waals surface area contributed by atoms with Crippen molar-refractivity contribution in [2.45, 2.75) is 32.0 Å². The van der Waals surface area contributed by atoms with Crippen molar-refractivity contribution in [1.29, 1.82) is 0 Å². The molecule has 0 aliphatic heterocycles. The molecule has 10 nitrogen and oxygen atoms in total.